The monoisotopic (exact) mass is 406 g/mol. The average molecular weight is 407 g/mol. The van der Waals surface area contributed by atoms with Crippen LogP contribution in [-0.2, 0) is 24.7 Å². The number of nitrogens with zero attached hydrogens (tertiary/aromatic N) is 3. The minimum Gasteiger partial charge on any atom is -0.349 e. The van der Waals surface area contributed by atoms with Crippen molar-refractivity contribution in [3.05, 3.63) is 65.2 Å². The van der Waals surface area contributed by atoms with Crippen molar-refractivity contribution in [2.45, 2.75) is 43.8 Å². The predicted octanol–water partition coefficient (Wildman–Crippen LogP) is 4.33. The average Bonchev–Trinajstić information content (AvgIpc) is 3.12. The van der Waals surface area contributed by atoms with Crippen molar-refractivity contribution in [3.8, 4) is 11.4 Å². The smallest absolute Gasteiger partial charge is 0.230 e. The van der Waals surface area contributed by atoms with Crippen molar-refractivity contribution in [1.82, 2.24) is 20.1 Å². The number of fused-ring (bicyclic) bond motifs is 1. The Hall–Kier alpha value is -2.60. The molecule has 0 bridgehead atoms. The molecule has 0 aliphatic heterocycles. The molecule has 4 rings (SSSR count). The Balaban J connectivity index is 1.35. The number of carbonyl (C=O) groups is 1. The molecule has 5 nitrogen and oxygen atoms in total. The quantitative estimate of drug-likeness (QED) is 0.619. The van der Waals surface area contributed by atoms with Crippen molar-refractivity contribution >= 4 is 17.7 Å². The molecule has 6 heteroatoms. The molecular formula is C23H26N4OS. The highest BCUT2D eigenvalue weighted by molar-refractivity contribution is 7.99. The maximum atomic E-state index is 12.5. The van der Waals surface area contributed by atoms with Gasteiger partial charge in [0, 0.05) is 12.6 Å². The van der Waals surface area contributed by atoms with E-state index < -0.39 is 0 Å². The van der Waals surface area contributed by atoms with Crippen LogP contribution in [0.15, 0.2) is 53.7 Å². The molecule has 3 aromatic rings. The topological polar surface area (TPSA) is 59.8 Å². The van der Waals surface area contributed by atoms with Crippen LogP contribution in [-0.4, -0.2) is 26.4 Å². The second kappa shape index (κ2) is 8.82. The Morgan fingerprint density at radius 3 is 2.66 bits per heavy atom. The molecule has 29 heavy (non-hydrogen) atoms. The zero-order valence-electron chi connectivity index (χ0n) is 16.9. The van der Waals surface area contributed by atoms with Gasteiger partial charge in [-0.15, -0.1) is 10.2 Å². The van der Waals surface area contributed by atoms with E-state index in [0.29, 0.717) is 5.75 Å². The summed E-state index contributed by atoms with van der Waals surface area (Å²) in [6.07, 6.45) is 4.87. The fourth-order valence-corrected chi connectivity index (χ4v) is 4.52. The standard InChI is InChI=1S/C23H26N4OS/c1-16(19-13-12-17-8-6-7-11-20(17)14-19)24-21(28)15-29-23-26-25-22(27(23)2)18-9-4-3-5-10-18/h3-5,9-10,12-14,16H,6-8,11,15H2,1-2H3,(H,24,28)/t16-/m1/s1. The molecule has 0 saturated carbocycles. The normalized spacial score (nSPS) is 14.3. The Labute approximate surface area is 175 Å². The fourth-order valence-electron chi connectivity index (χ4n) is 3.80. The molecule has 0 saturated heterocycles. The van der Waals surface area contributed by atoms with E-state index >= 15 is 0 Å². The highest BCUT2D eigenvalue weighted by Gasteiger charge is 2.16. The maximum absolute atomic E-state index is 12.5. The summed E-state index contributed by atoms with van der Waals surface area (Å²) in [7, 11) is 1.93. The van der Waals surface area contributed by atoms with Crippen molar-refractivity contribution in [1.29, 1.82) is 0 Å². The van der Waals surface area contributed by atoms with E-state index in [1.54, 1.807) is 0 Å². The molecule has 1 heterocycles. The Bertz CT molecular complexity index is 999. The van der Waals surface area contributed by atoms with Gasteiger partial charge in [-0.05, 0) is 49.3 Å². The first kappa shape index (κ1) is 19.7. The van der Waals surface area contributed by atoms with E-state index in [0.717, 1.165) is 23.0 Å². The van der Waals surface area contributed by atoms with Crippen LogP contribution >= 0.6 is 11.8 Å². The van der Waals surface area contributed by atoms with Gasteiger partial charge in [-0.1, -0.05) is 60.3 Å². The maximum Gasteiger partial charge on any atom is 0.230 e. The first-order valence-electron chi connectivity index (χ1n) is 10.1. The molecule has 0 radical (unpaired) electrons. The number of nitrogens with one attached hydrogen (secondary N) is 1. The second-order valence-corrected chi connectivity index (χ2v) is 8.49. The molecule has 0 spiro atoms. The molecule has 1 N–H and O–H groups in total. The molecule has 1 aliphatic rings. The number of hydrogen-bond donors (Lipinski definition) is 1. The van der Waals surface area contributed by atoms with E-state index in [1.165, 1.54) is 47.7 Å². The van der Waals surface area contributed by atoms with Crippen LogP contribution in [0.25, 0.3) is 11.4 Å². The summed E-state index contributed by atoms with van der Waals surface area (Å²) in [6, 6.07) is 16.6. The first-order chi connectivity index (χ1) is 14.1. The number of amides is 1. The number of aryl methyl sites for hydroxylation is 2. The van der Waals surface area contributed by atoms with Gasteiger partial charge in [-0.2, -0.15) is 0 Å². The predicted molar refractivity (Wildman–Crippen MR) is 117 cm³/mol. The van der Waals surface area contributed by atoms with E-state index in [-0.39, 0.29) is 11.9 Å². The number of benzene rings is 2. The summed E-state index contributed by atoms with van der Waals surface area (Å²) >= 11 is 1.41. The largest absolute Gasteiger partial charge is 0.349 e. The summed E-state index contributed by atoms with van der Waals surface area (Å²) in [5, 5.41) is 12.4. The Morgan fingerprint density at radius 2 is 1.86 bits per heavy atom. The molecule has 2 aromatic carbocycles. The molecule has 0 unspecified atom stereocenters. The minimum atomic E-state index is -0.00490. The zero-order chi connectivity index (χ0) is 20.2. The van der Waals surface area contributed by atoms with Gasteiger partial charge in [-0.3, -0.25) is 4.79 Å². The number of aromatic nitrogens is 3. The summed E-state index contributed by atoms with van der Waals surface area (Å²) < 4.78 is 1.93. The van der Waals surface area contributed by atoms with Gasteiger partial charge < -0.3 is 9.88 Å². The SMILES string of the molecule is C[C@@H](NC(=O)CSc1nnc(-c2ccccc2)n1C)c1ccc2c(c1)CCCC2. The van der Waals surface area contributed by atoms with E-state index in [9.17, 15) is 4.79 Å². The van der Waals surface area contributed by atoms with Gasteiger partial charge in [0.05, 0.1) is 11.8 Å². The Morgan fingerprint density at radius 1 is 1.10 bits per heavy atom. The number of rotatable bonds is 6. The third-order valence-electron chi connectivity index (χ3n) is 5.45. The third kappa shape index (κ3) is 4.53. The van der Waals surface area contributed by atoms with Crippen molar-refractivity contribution in [3.63, 3.8) is 0 Å². The van der Waals surface area contributed by atoms with Gasteiger partial charge in [0.25, 0.3) is 0 Å². The number of carbonyl (C=O) groups excluding carboxylic acids is 1. The van der Waals surface area contributed by atoms with Crippen LogP contribution in [0.3, 0.4) is 0 Å². The molecule has 1 atom stereocenters. The molecular weight excluding hydrogens is 380 g/mol. The molecule has 1 aromatic heterocycles. The Kier molecular flexibility index (Phi) is 6.00. The van der Waals surface area contributed by atoms with Crippen LogP contribution in [0.5, 0.6) is 0 Å². The first-order valence-corrected chi connectivity index (χ1v) is 11.1. The van der Waals surface area contributed by atoms with Crippen LogP contribution in [0, 0.1) is 0 Å². The lowest BCUT2D eigenvalue weighted by Gasteiger charge is -2.20. The summed E-state index contributed by atoms with van der Waals surface area (Å²) in [6.45, 7) is 2.04. The highest BCUT2D eigenvalue weighted by Crippen LogP contribution is 2.25. The van der Waals surface area contributed by atoms with Crippen LogP contribution in [0.1, 0.15) is 42.5 Å². The molecule has 0 fully saturated rings. The lowest BCUT2D eigenvalue weighted by Crippen LogP contribution is -2.28. The lowest BCUT2D eigenvalue weighted by atomic mass is 9.89. The number of thioether (sulfide) groups is 1. The molecule has 1 amide bonds. The molecule has 150 valence electrons. The van der Waals surface area contributed by atoms with E-state index in [4.69, 9.17) is 0 Å². The van der Waals surface area contributed by atoms with Crippen molar-refractivity contribution in [2.24, 2.45) is 7.05 Å². The number of hydrogen-bond acceptors (Lipinski definition) is 4. The van der Waals surface area contributed by atoms with Crippen LogP contribution in [0.2, 0.25) is 0 Å². The highest BCUT2D eigenvalue weighted by atomic mass is 32.2. The zero-order valence-corrected chi connectivity index (χ0v) is 17.7. The minimum absolute atomic E-state index is 0.00415. The van der Waals surface area contributed by atoms with Crippen molar-refractivity contribution in [2.75, 3.05) is 5.75 Å². The summed E-state index contributed by atoms with van der Waals surface area (Å²) in [4.78, 5) is 12.5. The van der Waals surface area contributed by atoms with Gasteiger partial charge in [-0.25, -0.2) is 0 Å². The summed E-state index contributed by atoms with van der Waals surface area (Å²) in [5.41, 5.74) is 5.09. The van der Waals surface area contributed by atoms with Crippen LogP contribution < -0.4 is 5.32 Å². The third-order valence-corrected chi connectivity index (χ3v) is 6.47. The fraction of sp³-hybridized carbons (Fsp3) is 0.348. The van der Waals surface area contributed by atoms with Gasteiger partial charge in [0.2, 0.25) is 5.91 Å². The van der Waals surface area contributed by atoms with E-state index in [2.05, 4.69) is 33.7 Å². The summed E-state index contributed by atoms with van der Waals surface area (Å²) in [5.74, 6) is 1.12. The second-order valence-electron chi connectivity index (χ2n) is 7.54. The van der Waals surface area contributed by atoms with Crippen LogP contribution in [0.4, 0.5) is 0 Å². The lowest BCUT2D eigenvalue weighted by molar-refractivity contribution is -0.119. The van der Waals surface area contributed by atoms with E-state index in [1.807, 2.05) is 48.9 Å². The van der Waals surface area contributed by atoms with Gasteiger partial charge >= 0.3 is 0 Å². The molecule has 1 aliphatic carbocycles. The van der Waals surface area contributed by atoms with Gasteiger partial charge in [0.15, 0.2) is 11.0 Å². The van der Waals surface area contributed by atoms with Gasteiger partial charge in [0.1, 0.15) is 0 Å². The van der Waals surface area contributed by atoms with Crippen molar-refractivity contribution < 1.29 is 4.79 Å².